The Morgan fingerprint density at radius 2 is 2.38 bits per heavy atom. The summed E-state index contributed by atoms with van der Waals surface area (Å²) in [6.45, 7) is 3.36. The standard InChI is InChI=1S/C10H19N3/c1-9(4-6-11-2)8-10-5-7-13(3)12-10/h5,7,9,11H,4,6,8H2,1-3H3. The van der Waals surface area contributed by atoms with E-state index in [-0.39, 0.29) is 0 Å². The molecular formula is C10H19N3. The molecule has 3 nitrogen and oxygen atoms in total. The molecule has 13 heavy (non-hydrogen) atoms. The van der Waals surface area contributed by atoms with Crippen LogP contribution in [0.4, 0.5) is 0 Å². The fraction of sp³-hybridized carbons (Fsp3) is 0.700. The van der Waals surface area contributed by atoms with Crippen molar-refractivity contribution in [2.75, 3.05) is 13.6 Å². The van der Waals surface area contributed by atoms with Crippen molar-refractivity contribution in [1.29, 1.82) is 0 Å². The Morgan fingerprint density at radius 1 is 1.62 bits per heavy atom. The van der Waals surface area contributed by atoms with Crippen molar-refractivity contribution in [2.45, 2.75) is 19.8 Å². The summed E-state index contributed by atoms with van der Waals surface area (Å²) in [6.07, 6.45) is 4.30. The van der Waals surface area contributed by atoms with Crippen LogP contribution in [-0.2, 0) is 13.5 Å². The molecule has 74 valence electrons. The van der Waals surface area contributed by atoms with Crippen molar-refractivity contribution >= 4 is 0 Å². The average molecular weight is 181 g/mol. The molecule has 0 aromatic carbocycles. The highest BCUT2D eigenvalue weighted by Crippen LogP contribution is 2.08. The van der Waals surface area contributed by atoms with Gasteiger partial charge in [-0.2, -0.15) is 5.10 Å². The summed E-state index contributed by atoms with van der Waals surface area (Å²) in [4.78, 5) is 0. The molecule has 0 spiro atoms. The van der Waals surface area contributed by atoms with Gasteiger partial charge in [0.1, 0.15) is 0 Å². The zero-order chi connectivity index (χ0) is 9.68. The van der Waals surface area contributed by atoms with Gasteiger partial charge in [-0.1, -0.05) is 6.92 Å². The fourth-order valence-corrected chi connectivity index (χ4v) is 1.42. The number of rotatable bonds is 5. The predicted octanol–water partition coefficient (Wildman–Crippen LogP) is 1.21. The van der Waals surface area contributed by atoms with Crippen LogP contribution in [0.5, 0.6) is 0 Å². The number of hydrogen-bond acceptors (Lipinski definition) is 2. The van der Waals surface area contributed by atoms with Crippen LogP contribution in [0.1, 0.15) is 19.0 Å². The van der Waals surface area contributed by atoms with Crippen LogP contribution >= 0.6 is 0 Å². The molecule has 0 aliphatic carbocycles. The zero-order valence-electron chi connectivity index (χ0n) is 8.75. The molecule has 1 aromatic rings. The third kappa shape index (κ3) is 3.59. The number of nitrogens with one attached hydrogen (secondary N) is 1. The Hall–Kier alpha value is -0.830. The molecule has 0 amide bonds. The van der Waals surface area contributed by atoms with Gasteiger partial charge in [0, 0.05) is 13.2 Å². The second-order valence-corrected chi connectivity index (χ2v) is 3.68. The van der Waals surface area contributed by atoms with E-state index >= 15 is 0 Å². The number of aryl methyl sites for hydroxylation is 1. The van der Waals surface area contributed by atoms with Crippen LogP contribution in [0.2, 0.25) is 0 Å². The van der Waals surface area contributed by atoms with E-state index in [2.05, 4.69) is 23.4 Å². The Bertz CT molecular complexity index is 242. The molecule has 3 heteroatoms. The lowest BCUT2D eigenvalue weighted by molar-refractivity contribution is 0.506. The first kappa shape index (κ1) is 10.3. The van der Waals surface area contributed by atoms with Crippen molar-refractivity contribution in [3.63, 3.8) is 0 Å². The molecule has 0 saturated heterocycles. The quantitative estimate of drug-likeness (QED) is 0.740. The summed E-state index contributed by atoms with van der Waals surface area (Å²) in [5, 5.41) is 7.52. The molecule has 1 atom stereocenters. The second kappa shape index (κ2) is 5.02. The van der Waals surface area contributed by atoms with Crippen molar-refractivity contribution in [1.82, 2.24) is 15.1 Å². The summed E-state index contributed by atoms with van der Waals surface area (Å²) in [6, 6.07) is 2.09. The number of aromatic nitrogens is 2. The lowest BCUT2D eigenvalue weighted by Crippen LogP contribution is -2.13. The van der Waals surface area contributed by atoms with Crippen LogP contribution in [0, 0.1) is 5.92 Å². The zero-order valence-corrected chi connectivity index (χ0v) is 8.75. The van der Waals surface area contributed by atoms with E-state index in [4.69, 9.17) is 0 Å². The topological polar surface area (TPSA) is 29.9 Å². The van der Waals surface area contributed by atoms with Gasteiger partial charge >= 0.3 is 0 Å². The molecule has 0 aliphatic heterocycles. The van der Waals surface area contributed by atoms with Gasteiger partial charge in [0.25, 0.3) is 0 Å². The van der Waals surface area contributed by atoms with Gasteiger partial charge in [0.15, 0.2) is 0 Å². The molecule has 0 bridgehead atoms. The summed E-state index contributed by atoms with van der Waals surface area (Å²) in [7, 11) is 3.95. The lowest BCUT2D eigenvalue weighted by atomic mass is 10.0. The van der Waals surface area contributed by atoms with Crippen molar-refractivity contribution in [3.05, 3.63) is 18.0 Å². The van der Waals surface area contributed by atoms with Crippen LogP contribution in [0.15, 0.2) is 12.3 Å². The van der Waals surface area contributed by atoms with E-state index in [1.807, 2.05) is 25.0 Å². The molecule has 0 saturated carbocycles. The van der Waals surface area contributed by atoms with Gasteiger partial charge in [-0.15, -0.1) is 0 Å². The molecule has 1 unspecified atom stereocenters. The van der Waals surface area contributed by atoms with E-state index in [1.165, 1.54) is 12.1 Å². The lowest BCUT2D eigenvalue weighted by Gasteiger charge is -2.08. The Labute approximate surface area is 80.1 Å². The van der Waals surface area contributed by atoms with Gasteiger partial charge in [-0.25, -0.2) is 0 Å². The van der Waals surface area contributed by atoms with Crippen molar-refractivity contribution in [3.8, 4) is 0 Å². The first-order valence-corrected chi connectivity index (χ1v) is 4.85. The molecule has 1 rings (SSSR count). The maximum Gasteiger partial charge on any atom is 0.0627 e. The maximum absolute atomic E-state index is 4.35. The molecule has 1 N–H and O–H groups in total. The normalized spacial score (nSPS) is 13.2. The Morgan fingerprint density at radius 3 is 2.92 bits per heavy atom. The molecular weight excluding hydrogens is 162 g/mol. The molecule has 0 fully saturated rings. The highest BCUT2D eigenvalue weighted by Gasteiger charge is 2.04. The molecule has 1 heterocycles. The SMILES string of the molecule is CNCCC(C)Cc1ccn(C)n1. The van der Waals surface area contributed by atoms with Crippen LogP contribution in [0.25, 0.3) is 0 Å². The van der Waals surface area contributed by atoms with E-state index in [1.54, 1.807) is 0 Å². The van der Waals surface area contributed by atoms with Gasteiger partial charge < -0.3 is 5.32 Å². The van der Waals surface area contributed by atoms with Crippen molar-refractivity contribution < 1.29 is 0 Å². The molecule has 0 aliphatic rings. The van der Waals surface area contributed by atoms with Crippen LogP contribution in [0.3, 0.4) is 0 Å². The number of nitrogens with zero attached hydrogens (tertiary/aromatic N) is 2. The van der Waals surface area contributed by atoms with Gasteiger partial charge in [0.05, 0.1) is 5.69 Å². The summed E-state index contributed by atoms with van der Waals surface area (Å²) in [5.41, 5.74) is 1.20. The number of hydrogen-bond donors (Lipinski definition) is 1. The highest BCUT2D eigenvalue weighted by molar-refractivity contribution is 4.99. The van der Waals surface area contributed by atoms with Gasteiger partial charge in [-0.3, -0.25) is 4.68 Å². The van der Waals surface area contributed by atoms with Gasteiger partial charge in [-0.05, 0) is 38.4 Å². The largest absolute Gasteiger partial charge is 0.320 e. The monoisotopic (exact) mass is 181 g/mol. The van der Waals surface area contributed by atoms with E-state index in [9.17, 15) is 0 Å². The third-order valence-corrected chi connectivity index (χ3v) is 2.21. The molecule has 0 radical (unpaired) electrons. The second-order valence-electron chi connectivity index (χ2n) is 3.68. The van der Waals surface area contributed by atoms with Crippen LogP contribution < -0.4 is 5.32 Å². The minimum absolute atomic E-state index is 0.711. The maximum atomic E-state index is 4.35. The van der Waals surface area contributed by atoms with Crippen molar-refractivity contribution in [2.24, 2.45) is 13.0 Å². The first-order chi connectivity index (χ1) is 6.22. The van der Waals surface area contributed by atoms with E-state index < -0.39 is 0 Å². The average Bonchev–Trinajstić information content (AvgIpc) is 2.48. The summed E-state index contributed by atoms with van der Waals surface area (Å²) < 4.78 is 1.86. The fourth-order valence-electron chi connectivity index (χ4n) is 1.42. The predicted molar refractivity (Wildman–Crippen MR) is 54.6 cm³/mol. The minimum atomic E-state index is 0.711. The van der Waals surface area contributed by atoms with Crippen LogP contribution in [-0.4, -0.2) is 23.4 Å². The smallest absolute Gasteiger partial charge is 0.0627 e. The summed E-state index contributed by atoms with van der Waals surface area (Å²) >= 11 is 0. The highest BCUT2D eigenvalue weighted by atomic mass is 15.2. The Balaban J connectivity index is 2.31. The molecule has 1 aromatic heterocycles. The Kier molecular flexibility index (Phi) is 3.96. The van der Waals surface area contributed by atoms with E-state index in [0.717, 1.165) is 13.0 Å². The summed E-state index contributed by atoms with van der Waals surface area (Å²) in [5.74, 6) is 0.711. The third-order valence-electron chi connectivity index (χ3n) is 2.21. The van der Waals surface area contributed by atoms with Gasteiger partial charge in [0.2, 0.25) is 0 Å². The first-order valence-electron chi connectivity index (χ1n) is 4.85. The minimum Gasteiger partial charge on any atom is -0.320 e. The van der Waals surface area contributed by atoms with E-state index in [0.29, 0.717) is 5.92 Å².